The highest BCUT2D eigenvalue weighted by atomic mass is 16.6. The van der Waals surface area contributed by atoms with Gasteiger partial charge in [0.15, 0.2) is 0 Å². The van der Waals surface area contributed by atoms with Crippen LogP contribution in [-0.2, 0) is 9.47 Å². The lowest BCUT2D eigenvalue weighted by molar-refractivity contribution is -0.0204. The van der Waals surface area contributed by atoms with Gasteiger partial charge >= 0.3 is 6.09 Å². The summed E-state index contributed by atoms with van der Waals surface area (Å²) in [5, 5.41) is 5.93. The zero-order chi connectivity index (χ0) is 13.6. The maximum Gasteiger partial charge on any atom is 0.407 e. The Bertz CT molecular complexity index is 257. The molecule has 0 unspecified atom stereocenters. The van der Waals surface area contributed by atoms with Crippen molar-refractivity contribution in [2.75, 3.05) is 20.2 Å². The van der Waals surface area contributed by atoms with Crippen LogP contribution in [0.3, 0.4) is 0 Å². The van der Waals surface area contributed by atoms with E-state index in [1.165, 1.54) is 0 Å². The number of hydrogen-bond donors (Lipinski definition) is 2. The summed E-state index contributed by atoms with van der Waals surface area (Å²) in [4.78, 5) is 11.5. The SMILES string of the molecule is CNCCCO[C@H]1C[C@H](NC(=O)OC(C)(C)C)C1. The van der Waals surface area contributed by atoms with Crippen molar-refractivity contribution in [2.24, 2.45) is 0 Å². The molecular formula is C13H26N2O3. The van der Waals surface area contributed by atoms with E-state index in [1.54, 1.807) is 0 Å². The summed E-state index contributed by atoms with van der Waals surface area (Å²) in [5.41, 5.74) is -0.434. The summed E-state index contributed by atoms with van der Waals surface area (Å²) < 4.78 is 10.9. The first-order valence-electron chi connectivity index (χ1n) is 6.66. The number of alkyl carbamates (subject to hydrolysis) is 1. The molecule has 106 valence electrons. The Morgan fingerprint density at radius 2 is 2.00 bits per heavy atom. The summed E-state index contributed by atoms with van der Waals surface area (Å²) in [6.07, 6.45) is 2.76. The van der Waals surface area contributed by atoms with E-state index in [1.807, 2.05) is 27.8 Å². The van der Waals surface area contributed by atoms with Crippen LogP contribution in [0.1, 0.15) is 40.0 Å². The van der Waals surface area contributed by atoms with Crippen LogP contribution >= 0.6 is 0 Å². The van der Waals surface area contributed by atoms with Crippen molar-refractivity contribution in [1.82, 2.24) is 10.6 Å². The number of rotatable bonds is 6. The average molecular weight is 258 g/mol. The molecule has 1 rings (SSSR count). The van der Waals surface area contributed by atoms with Crippen molar-refractivity contribution < 1.29 is 14.3 Å². The molecule has 0 bridgehead atoms. The van der Waals surface area contributed by atoms with Crippen LogP contribution in [0.25, 0.3) is 0 Å². The van der Waals surface area contributed by atoms with Gasteiger partial charge < -0.3 is 20.1 Å². The van der Waals surface area contributed by atoms with Gasteiger partial charge in [-0.1, -0.05) is 0 Å². The lowest BCUT2D eigenvalue weighted by Crippen LogP contribution is -2.49. The van der Waals surface area contributed by atoms with Crippen molar-refractivity contribution >= 4 is 6.09 Å². The highest BCUT2D eigenvalue weighted by molar-refractivity contribution is 5.68. The predicted molar refractivity (Wildman–Crippen MR) is 70.7 cm³/mol. The minimum atomic E-state index is -0.434. The third-order valence-electron chi connectivity index (χ3n) is 2.74. The molecule has 0 atom stereocenters. The Morgan fingerprint density at radius 1 is 1.33 bits per heavy atom. The maximum atomic E-state index is 11.5. The molecule has 0 aliphatic heterocycles. The van der Waals surface area contributed by atoms with Gasteiger partial charge in [0.2, 0.25) is 0 Å². The van der Waals surface area contributed by atoms with Gasteiger partial charge in [-0.15, -0.1) is 0 Å². The van der Waals surface area contributed by atoms with E-state index in [0.29, 0.717) is 6.10 Å². The Morgan fingerprint density at radius 3 is 2.56 bits per heavy atom. The molecular weight excluding hydrogens is 232 g/mol. The van der Waals surface area contributed by atoms with Crippen molar-refractivity contribution in [3.8, 4) is 0 Å². The van der Waals surface area contributed by atoms with Gasteiger partial charge in [0.1, 0.15) is 5.60 Å². The highest BCUT2D eigenvalue weighted by Crippen LogP contribution is 2.23. The Kier molecular flexibility index (Phi) is 5.88. The predicted octanol–water partition coefficient (Wildman–Crippen LogP) is 1.67. The Hall–Kier alpha value is -0.810. The topological polar surface area (TPSA) is 59.6 Å². The molecule has 5 nitrogen and oxygen atoms in total. The van der Waals surface area contributed by atoms with E-state index in [9.17, 15) is 4.79 Å². The van der Waals surface area contributed by atoms with E-state index in [4.69, 9.17) is 9.47 Å². The molecule has 1 amide bonds. The average Bonchev–Trinajstić information content (AvgIpc) is 2.17. The smallest absolute Gasteiger partial charge is 0.407 e. The number of carbonyl (C=O) groups excluding carboxylic acids is 1. The fourth-order valence-electron chi connectivity index (χ4n) is 1.79. The second-order valence-electron chi connectivity index (χ2n) is 5.76. The second-order valence-corrected chi connectivity index (χ2v) is 5.76. The Labute approximate surface area is 110 Å². The molecule has 0 spiro atoms. The Balaban J connectivity index is 2.03. The van der Waals surface area contributed by atoms with E-state index in [2.05, 4.69) is 10.6 Å². The minimum absolute atomic E-state index is 0.203. The van der Waals surface area contributed by atoms with Gasteiger partial charge in [-0.05, 0) is 53.6 Å². The van der Waals surface area contributed by atoms with Crippen LogP contribution in [0.2, 0.25) is 0 Å². The van der Waals surface area contributed by atoms with Gasteiger partial charge in [0, 0.05) is 12.6 Å². The summed E-state index contributed by atoms with van der Waals surface area (Å²) in [6.45, 7) is 7.35. The second kappa shape index (κ2) is 6.95. The number of nitrogens with one attached hydrogen (secondary N) is 2. The van der Waals surface area contributed by atoms with Crippen LogP contribution in [0.4, 0.5) is 4.79 Å². The first-order chi connectivity index (χ1) is 8.40. The first kappa shape index (κ1) is 15.2. The highest BCUT2D eigenvalue weighted by Gasteiger charge is 2.32. The van der Waals surface area contributed by atoms with Gasteiger partial charge in [0.05, 0.1) is 6.10 Å². The normalized spacial score (nSPS) is 23.3. The maximum absolute atomic E-state index is 11.5. The van der Waals surface area contributed by atoms with Gasteiger partial charge in [-0.2, -0.15) is 0 Å². The molecule has 0 aromatic carbocycles. The van der Waals surface area contributed by atoms with Crippen molar-refractivity contribution in [2.45, 2.75) is 57.8 Å². The minimum Gasteiger partial charge on any atom is -0.444 e. The fraction of sp³-hybridized carbons (Fsp3) is 0.923. The van der Waals surface area contributed by atoms with E-state index >= 15 is 0 Å². The molecule has 0 saturated heterocycles. The van der Waals surface area contributed by atoms with Crippen LogP contribution in [0.5, 0.6) is 0 Å². The summed E-state index contributed by atoms with van der Waals surface area (Å²) in [7, 11) is 1.93. The summed E-state index contributed by atoms with van der Waals surface area (Å²) in [5.74, 6) is 0. The molecule has 0 heterocycles. The molecule has 0 aromatic heterocycles. The number of hydrogen-bond acceptors (Lipinski definition) is 4. The monoisotopic (exact) mass is 258 g/mol. The van der Waals surface area contributed by atoms with E-state index < -0.39 is 5.60 Å². The lowest BCUT2D eigenvalue weighted by Gasteiger charge is -2.35. The fourth-order valence-corrected chi connectivity index (χ4v) is 1.79. The molecule has 5 heteroatoms. The first-order valence-corrected chi connectivity index (χ1v) is 6.66. The standard InChI is InChI=1S/C13H26N2O3/c1-13(2,3)18-12(16)15-10-8-11(9-10)17-7-5-6-14-4/h10-11,14H,5-9H2,1-4H3,(H,15,16)/t10-,11-. The van der Waals surface area contributed by atoms with Gasteiger partial charge in [0.25, 0.3) is 0 Å². The molecule has 1 fully saturated rings. The van der Waals surface area contributed by atoms with Gasteiger partial charge in [-0.25, -0.2) is 4.79 Å². The summed E-state index contributed by atoms with van der Waals surface area (Å²) >= 11 is 0. The summed E-state index contributed by atoms with van der Waals surface area (Å²) in [6, 6.07) is 0.203. The molecule has 0 aromatic rings. The van der Waals surface area contributed by atoms with Crippen LogP contribution in [-0.4, -0.2) is 44.0 Å². The van der Waals surface area contributed by atoms with Crippen LogP contribution in [0, 0.1) is 0 Å². The van der Waals surface area contributed by atoms with E-state index in [0.717, 1.165) is 32.4 Å². The third-order valence-corrected chi connectivity index (χ3v) is 2.74. The molecule has 1 aliphatic carbocycles. The van der Waals surface area contributed by atoms with Crippen LogP contribution < -0.4 is 10.6 Å². The van der Waals surface area contributed by atoms with E-state index in [-0.39, 0.29) is 12.1 Å². The largest absolute Gasteiger partial charge is 0.444 e. The lowest BCUT2D eigenvalue weighted by atomic mass is 9.89. The number of amides is 1. The quantitative estimate of drug-likeness (QED) is 0.712. The number of carbonyl (C=O) groups is 1. The number of ether oxygens (including phenoxy) is 2. The zero-order valence-electron chi connectivity index (χ0n) is 11.9. The van der Waals surface area contributed by atoms with Gasteiger partial charge in [-0.3, -0.25) is 0 Å². The third kappa shape index (κ3) is 6.21. The molecule has 2 N–H and O–H groups in total. The zero-order valence-corrected chi connectivity index (χ0v) is 11.9. The molecule has 0 radical (unpaired) electrons. The van der Waals surface area contributed by atoms with Crippen molar-refractivity contribution in [1.29, 1.82) is 0 Å². The molecule has 1 aliphatic rings. The molecule has 18 heavy (non-hydrogen) atoms. The molecule has 1 saturated carbocycles. The van der Waals surface area contributed by atoms with Crippen molar-refractivity contribution in [3.63, 3.8) is 0 Å². The van der Waals surface area contributed by atoms with Crippen LogP contribution in [0.15, 0.2) is 0 Å². The van der Waals surface area contributed by atoms with Crippen molar-refractivity contribution in [3.05, 3.63) is 0 Å².